The molecule has 106 valence electrons. The Kier molecular flexibility index (Phi) is 3.73. The Morgan fingerprint density at radius 3 is 2.70 bits per heavy atom. The molecule has 1 aliphatic carbocycles. The molecule has 2 aromatic rings. The van der Waals surface area contributed by atoms with Crippen LogP contribution >= 0.6 is 27.5 Å². The number of benzene rings is 1. The Bertz CT molecular complexity index is 683. The van der Waals surface area contributed by atoms with Crippen LogP contribution in [-0.4, -0.2) is 9.78 Å². The predicted octanol–water partition coefficient (Wildman–Crippen LogP) is 4.38. The van der Waals surface area contributed by atoms with Gasteiger partial charge < -0.3 is 0 Å². The van der Waals surface area contributed by atoms with Crippen molar-refractivity contribution >= 4 is 27.5 Å². The average Bonchev–Trinajstić information content (AvgIpc) is 3.02. The third-order valence-electron chi connectivity index (χ3n) is 3.78. The fourth-order valence-electron chi connectivity index (χ4n) is 2.78. The van der Waals surface area contributed by atoms with E-state index in [1.54, 1.807) is 6.07 Å². The molecule has 1 heterocycles. The smallest absolute Gasteiger partial charge is 0.285 e. The van der Waals surface area contributed by atoms with Gasteiger partial charge in [-0.3, -0.25) is 9.89 Å². The largest absolute Gasteiger partial charge is 0.293 e. The van der Waals surface area contributed by atoms with Crippen LogP contribution < -0.4 is 5.56 Å². The number of rotatable bonds is 2. The molecule has 0 saturated heterocycles. The van der Waals surface area contributed by atoms with Crippen molar-refractivity contribution in [1.29, 1.82) is 0 Å². The summed E-state index contributed by atoms with van der Waals surface area (Å²) in [4.78, 5) is 12.3. The van der Waals surface area contributed by atoms with Crippen LogP contribution in [0.15, 0.2) is 27.5 Å². The van der Waals surface area contributed by atoms with Crippen molar-refractivity contribution in [2.24, 2.45) is 0 Å². The lowest BCUT2D eigenvalue weighted by Gasteiger charge is -2.08. The molecule has 0 atom stereocenters. The number of H-pyrrole nitrogens is 1. The first-order valence-electron chi connectivity index (χ1n) is 6.54. The lowest BCUT2D eigenvalue weighted by molar-refractivity contribution is 0.603. The van der Waals surface area contributed by atoms with E-state index in [-0.39, 0.29) is 16.3 Å². The Hall–Kier alpha value is -1.07. The third kappa shape index (κ3) is 2.23. The van der Waals surface area contributed by atoms with Gasteiger partial charge in [-0.1, -0.05) is 30.5 Å². The molecule has 1 fully saturated rings. The molecule has 3 rings (SSSR count). The van der Waals surface area contributed by atoms with Gasteiger partial charge in [0, 0.05) is 5.92 Å². The van der Waals surface area contributed by atoms with Crippen molar-refractivity contribution in [2.75, 3.05) is 0 Å². The van der Waals surface area contributed by atoms with E-state index in [9.17, 15) is 9.18 Å². The molecule has 3 nitrogen and oxygen atoms in total. The van der Waals surface area contributed by atoms with Crippen LogP contribution in [0, 0.1) is 5.82 Å². The molecule has 0 radical (unpaired) electrons. The molecule has 0 spiro atoms. The maximum atomic E-state index is 14.0. The van der Waals surface area contributed by atoms with Crippen molar-refractivity contribution in [3.05, 3.63) is 49.6 Å². The van der Waals surface area contributed by atoms with Crippen molar-refractivity contribution < 1.29 is 4.39 Å². The summed E-state index contributed by atoms with van der Waals surface area (Å²) in [5.41, 5.74) is 0.606. The van der Waals surface area contributed by atoms with Crippen molar-refractivity contribution in [3.8, 4) is 5.69 Å². The summed E-state index contributed by atoms with van der Waals surface area (Å²) in [5.74, 6) is -0.199. The highest BCUT2D eigenvalue weighted by Crippen LogP contribution is 2.36. The summed E-state index contributed by atoms with van der Waals surface area (Å²) >= 11 is 9.35. The SMILES string of the molecule is O=c1c(Br)c(C2CCCC2)[nH]n1-c1c(F)cccc1Cl. The molecule has 6 heteroatoms. The highest BCUT2D eigenvalue weighted by molar-refractivity contribution is 9.10. The number of hydrogen-bond acceptors (Lipinski definition) is 1. The van der Waals surface area contributed by atoms with E-state index in [4.69, 9.17) is 11.6 Å². The number of nitrogens with zero attached hydrogens (tertiary/aromatic N) is 1. The van der Waals surface area contributed by atoms with Crippen molar-refractivity contribution in [2.45, 2.75) is 31.6 Å². The lowest BCUT2D eigenvalue weighted by Crippen LogP contribution is -2.16. The van der Waals surface area contributed by atoms with Gasteiger partial charge in [0.15, 0.2) is 0 Å². The Morgan fingerprint density at radius 1 is 1.35 bits per heavy atom. The minimum atomic E-state index is -0.522. The molecule has 0 aliphatic heterocycles. The molecule has 1 N–H and O–H groups in total. The molecular formula is C14H13BrClFN2O. The number of nitrogens with one attached hydrogen (secondary N) is 1. The minimum Gasteiger partial charge on any atom is -0.293 e. The van der Waals surface area contributed by atoms with Crippen molar-refractivity contribution in [3.63, 3.8) is 0 Å². The van der Waals surface area contributed by atoms with Gasteiger partial charge in [0.05, 0.1) is 10.7 Å². The maximum absolute atomic E-state index is 14.0. The van der Waals surface area contributed by atoms with Gasteiger partial charge in [0.25, 0.3) is 5.56 Å². The normalized spacial score (nSPS) is 15.9. The first-order chi connectivity index (χ1) is 9.59. The highest BCUT2D eigenvalue weighted by atomic mass is 79.9. The van der Waals surface area contributed by atoms with Gasteiger partial charge in [0.2, 0.25) is 0 Å². The standard InChI is InChI=1S/C14H13BrClFN2O/c15-11-12(8-4-1-2-5-8)18-19(14(11)20)13-9(16)6-3-7-10(13)17/h3,6-8,18H,1-2,4-5H2. The first-order valence-corrected chi connectivity index (χ1v) is 7.71. The number of para-hydroxylation sites is 1. The molecule has 0 bridgehead atoms. The van der Waals surface area contributed by atoms with E-state index in [1.807, 2.05) is 0 Å². The van der Waals surface area contributed by atoms with E-state index in [2.05, 4.69) is 21.0 Å². The average molecular weight is 360 g/mol. The second kappa shape index (κ2) is 5.37. The quantitative estimate of drug-likeness (QED) is 0.849. The molecule has 0 unspecified atom stereocenters. The van der Waals surface area contributed by atoms with E-state index in [0.29, 0.717) is 10.4 Å². The summed E-state index contributed by atoms with van der Waals surface area (Å²) in [5, 5.41) is 3.23. The molecule has 1 saturated carbocycles. The van der Waals surface area contributed by atoms with E-state index < -0.39 is 5.82 Å². The number of aromatic nitrogens is 2. The molecule has 1 aromatic carbocycles. The Morgan fingerprint density at radius 2 is 2.05 bits per heavy atom. The highest BCUT2D eigenvalue weighted by Gasteiger charge is 2.25. The lowest BCUT2D eigenvalue weighted by atomic mass is 10.1. The second-order valence-electron chi connectivity index (χ2n) is 5.03. The molecule has 1 aliphatic rings. The van der Waals surface area contributed by atoms with E-state index >= 15 is 0 Å². The van der Waals surface area contributed by atoms with Gasteiger partial charge in [-0.05, 0) is 40.9 Å². The van der Waals surface area contributed by atoms with Gasteiger partial charge in [-0.2, -0.15) is 0 Å². The summed E-state index contributed by atoms with van der Waals surface area (Å²) in [6.07, 6.45) is 4.41. The molecule has 20 heavy (non-hydrogen) atoms. The van der Waals surface area contributed by atoms with Crippen LogP contribution in [0.1, 0.15) is 37.3 Å². The molecule has 1 aromatic heterocycles. The molecule has 0 amide bonds. The van der Waals surface area contributed by atoms with Gasteiger partial charge in [-0.15, -0.1) is 0 Å². The summed E-state index contributed by atoms with van der Waals surface area (Å²) in [7, 11) is 0. The zero-order valence-corrected chi connectivity index (χ0v) is 13.0. The van der Waals surface area contributed by atoms with Crippen LogP contribution in [0.25, 0.3) is 5.69 Å². The zero-order valence-electron chi connectivity index (χ0n) is 10.6. The summed E-state index contributed by atoms with van der Waals surface area (Å²) in [6, 6.07) is 4.37. The Balaban J connectivity index is 2.16. The van der Waals surface area contributed by atoms with Gasteiger partial charge in [0.1, 0.15) is 16.0 Å². The predicted molar refractivity (Wildman–Crippen MR) is 80.3 cm³/mol. The van der Waals surface area contributed by atoms with Crippen LogP contribution in [0.4, 0.5) is 4.39 Å². The number of halogens is 3. The number of aromatic amines is 1. The van der Waals surface area contributed by atoms with Crippen LogP contribution in [0.5, 0.6) is 0 Å². The monoisotopic (exact) mass is 358 g/mol. The minimum absolute atomic E-state index is 0.0733. The fourth-order valence-corrected chi connectivity index (χ4v) is 3.62. The van der Waals surface area contributed by atoms with Crippen molar-refractivity contribution in [1.82, 2.24) is 9.78 Å². The summed E-state index contributed by atoms with van der Waals surface area (Å²) in [6.45, 7) is 0. The topological polar surface area (TPSA) is 37.8 Å². The van der Waals surface area contributed by atoms with E-state index in [0.717, 1.165) is 31.4 Å². The number of hydrogen-bond donors (Lipinski definition) is 1. The van der Waals surface area contributed by atoms with Crippen LogP contribution in [0.2, 0.25) is 5.02 Å². The zero-order chi connectivity index (χ0) is 14.3. The van der Waals surface area contributed by atoms with Crippen LogP contribution in [-0.2, 0) is 0 Å². The van der Waals surface area contributed by atoms with Gasteiger partial charge in [-0.25, -0.2) is 9.07 Å². The van der Waals surface area contributed by atoms with Crippen LogP contribution in [0.3, 0.4) is 0 Å². The van der Waals surface area contributed by atoms with E-state index in [1.165, 1.54) is 16.8 Å². The molecular weight excluding hydrogens is 347 g/mol. The summed E-state index contributed by atoms with van der Waals surface area (Å²) < 4.78 is 15.6. The second-order valence-corrected chi connectivity index (χ2v) is 6.23. The first kappa shape index (κ1) is 13.9. The van der Waals surface area contributed by atoms with Gasteiger partial charge >= 0.3 is 0 Å². The maximum Gasteiger partial charge on any atom is 0.285 e. The Labute approximate surface area is 128 Å². The third-order valence-corrected chi connectivity index (χ3v) is 4.86. The fraction of sp³-hybridized carbons (Fsp3) is 0.357.